The number of nitrogens with zero attached hydrogens (tertiary/aromatic N) is 5. The highest BCUT2D eigenvalue weighted by Gasteiger charge is 2.15. The number of carbonyl (C=O) groups is 2. The molecule has 0 fully saturated rings. The van der Waals surface area contributed by atoms with Crippen molar-refractivity contribution in [2.24, 2.45) is 0 Å². The van der Waals surface area contributed by atoms with E-state index in [0.717, 1.165) is 10.1 Å². The van der Waals surface area contributed by atoms with Gasteiger partial charge in [-0.3, -0.25) is 4.79 Å². The first-order valence-electron chi connectivity index (χ1n) is 8.59. The average molecular weight is 452 g/mol. The van der Waals surface area contributed by atoms with Crippen molar-refractivity contribution in [2.75, 3.05) is 40.8 Å². The molecule has 162 valence electrons. The van der Waals surface area contributed by atoms with E-state index in [1.54, 1.807) is 23.2 Å². The maximum atomic E-state index is 11.7. The predicted molar refractivity (Wildman–Crippen MR) is 117 cm³/mol. The fourth-order valence-electron chi connectivity index (χ4n) is 2.00. The summed E-state index contributed by atoms with van der Waals surface area (Å²) in [5.74, 6) is -0.699. The second-order valence-electron chi connectivity index (χ2n) is 5.75. The molecule has 0 atom stereocenters. The lowest BCUT2D eigenvalue weighted by atomic mass is 10.2. The van der Waals surface area contributed by atoms with Gasteiger partial charge in [0.15, 0.2) is 0 Å². The summed E-state index contributed by atoms with van der Waals surface area (Å²) in [7, 11) is 6.38. The Balaban J connectivity index is 0.000000311. The lowest BCUT2D eigenvalue weighted by Gasteiger charge is -2.10. The Labute approximate surface area is 184 Å². The van der Waals surface area contributed by atoms with E-state index in [-0.39, 0.29) is 12.4 Å². The van der Waals surface area contributed by atoms with Gasteiger partial charge in [0.2, 0.25) is 0 Å². The molecule has 0 aliphatic heterocycles. The monoisotopic (exact) mass is 451 g/mol. The van der Waals surface area contributed by atoms with Crippen LogP contribution in [0, 0.1) is 0 Å². The predicted octanol–water partition coefficient (Wildman–Crippen LogP) is 2.19. The molecule has 30 heavy (non-hydrogen) atoms. The first-order chi connectivity index (χ1) is 14.3. The van der Waals surface area contributed by atoms with Crippen LogP contribution in [-0.2, 0) is 25.5 Å². The summed E-state index contributed by atoms with van der Waals surface area (Å²) >= 11 is 3.01. The summed E-state index contributed by atoms with van der Waals surface area (Å²) in [4.78, 5) is 40.4. The van der Waals surface area contributed by atoms with Crippen molar-refractivity contribution in [1.82, 2.24) is 24.8 Å². The minimum atomic E-state index is -0.413. The zero-order chi connectivity index (χ0) is 22.5. The van der Waals surface area contributed by atoms with Crippen molar-refractivity contribution in [3.63, 3.8) is 0 Å². The highest BCUT2D eigenvalue weighted by molar-refractivity contribution is 7.98. The van der Waals surface area contributed by atoms with E-state index in [0.29, 0.717) is 17.0 Å². The minimum Gasteiger partial charge on any atom is -0.469 e. The normalized spacial score (nSPS) is 10.5. The van der Waals surface area contributed by atoms with Gasteiger partial charge in [0.1, 0.15) is 18.2 Å². The van der Waals surface area contributed by atoms with E-state index >= 15 is 0 Å². The van der Waals surface area contributed by atoms with Gasteiger partial charge in [0.05, 0.1) is 42.1 Å². The van der Waals surface area contributed by atoms with Crippen LogP contribution in [-0.4, -0.2) is 77.6 Å². The Morgan fingerprint density at radius 1 is 0.967 bits per heavy atom. The summed E-state index contributed by atoms with van der Waals surface area (Å²) in [5.41, 5.74) is 1.66. The number of ether oxygens (including phenoxy) is 2. The van der Waals surface area contributed by atoms with Gasteiger partial charge in [0, 0.05) is 20.3 Å². The van der Waals surface area contributed by atoms with E-state index < -0.39 is 5.97 Å². The Kier molecular flexibility index (Phi) is 11.5. The second kappa shape index (κ2) is 13.5. The van der Waals surface area contributed by atoms with E-state index in [9.17, 15) is 9.59 Å². The number of methoxy groups -OCH3 is 2. The average Bonchev–Trinajstić information content (AvgIpc) is 2.77. The van der Waals surface area contributed by atoms with E-state index in [1.165, 1.54) is 50.4 Å². The zero-order valence-corrected chi connectivity index (χ0v) is 19.4. The van der Waals surface area contributed by atoms with Gasteiger partial charge in [-0.15, -0.1) is 23.5 Å². The highest BCUT2D eigenvalue weighted by atomic mass is 32.2. The van der Waals surface area contributed by atoms with Crippen LogP contribution in [0.25, 0.3) is 5.57 Å². The fourth-order valence-corrected chi connectivity index (χ4v) is 2.78. The third-order valence-electron chi connectivity index (χ3n) is 3.38. The molecule has 2 heterocycles. The number of hydrogen-bond donors (Lipinski definition) is 0. The van der Waals surface area contributed by atoms with Gasteiger partial charge in [-0.2, -0.15) is 0 Å². The van der Waals surface area contributed by atoms with Crippen molar-refractivity contribution in [3.05, 3.63) is 42.4 Å². The van der Waals surface area contributed by atoms with Crippen LogP contribution in [0.4, 0.5) is 0 Å². The van der Waals surface area contributed by atoms with Crippen LogP contribution in [0.3, 0.4) is 0 Å². The molecule has 0 amide bonds. The van der Waals surface area contributed by atoms with Crippen LogP contribution in [0.2, 0.25) is 0 Å². The molecular weight excluding hydrogens is 426 g/mol. The first kappa shape index (κ1) is 25.4. The molecule has 0 bridgehead atoms. The van der Waals surface area contributed by atoms with Crippen molar-refractivity contribution in [2.45, 2.75) is 16.5 Å². The second-order valence-corrected chi connectivity index (χ2v) is 7.40. The number of aromatic nitrogens is 4. The van der Waals surface area contributed by atoms with Crippen molar-refractivity contribution < 1.29 is 19.1 Å². The number of thioether (sulfide) groups is 2. The molecule has 2 aromatic rings. The molecule has 0 N–H and O–H groups in total. The topological polar surface area (TPSA) is 107 Å². The van der Waals surface area contributed by atoms with Crippen LogP contribution >= 0.6 is 23.5 Å². The molecule has 0 saturated carbocycles. The number of rotatable bonds is 7. The van der Waals surface area contributed by atoms with Gasteiger partial charge in [-0.25, -0.2) is 24.7 Å². The number of carbonyl (C=O) groups excluding carboxylic acids is 2. The molecule has 0 spiro atoms. The lowest BCUT2D eigenvalue weighted by molar-refractivity contribution is -0.140. The van der Waals surface area contributed by atoms with Crippen LogP contribution in [0.5, 0.6) is 0 Å². The largest absolute Gasteiger partial charge is 0.469 e. The molecule has 9 nitrogen and oxygen atoms in total. The maximum absolute atomic E-state index is 11.7. The molecular formula is C19H25N5O4S2. The SMILES string of the molecule is COC(=O)/C(=C/N(C)C)c1cc(SC)ncn1.COC(=O)Cc1cc(SC)ncn1. The summed E-state index contributed by atoms with van der Waals surface area (Å²) in [5, 5.41) is 1.66. The molecule has 0 aliphatic carbocycles. The van der Waals surface area contributed by atoms with Crippen LogP contribution in [0.15, 0.2) is 41.0 Å². The van der Waals surface area contributed by atoms with Crippen LogP contribution in [0.1, 0.15) is 11.4 Å². The van der Waals surface area contributed by atoms with Crippen molar-refractivity contribution in [1.29, 1.82) is 0 Å². The van der Waals surface area contributed by atoms with Gasteiger partial charge < -0.3 is 14.4 Å². The Bertz CT molecular complexity index is 878. The molecule has 2 rings (SSSR count). The quantitative estimate of drug-likeness (QED) is 0.267. The van der Waals surface area contributed by atoms with Gasteiger partial charge in [-0.05, 0) is 24.6 Å². The molecule has 0 unspecified atom stereocenters. The molecule has 11 heteroatoms. The minimum absolute atomic E-state index is 0.201. The summed E-state index contributed by atoms with van der Waals surface area (Å²) in [6, 6.07) is 3.54. The molecule has 0 radical (unpaired) electrons. The molecule has 0 aromatic carbocycles. The van der Waals surface area contributed by atoms with Gasteiger partial charge in [-0.1, -0.05) is 0 Å². The summed E-state index contributed by atoms with van der Waals surface area (Å²) < 4.78 is 9.26. The van der Waals surface area contributed by atoms with Gasteiger partial charge >= 0.3 is 11.9 Å². The highest BCUT2D eigenvalue weighted by Crippen LogP contribution is 2.18. The van der Waals surface area contributed by atoms with Crippen molar-refractivity contribution >= 4 is 41.0 Å². The number of esters is 2. The first-order valence-corrected chi connectivity index (χ1v) is 11.0. The van der Waals surface area contributed by atoms with E-state index in [2.05, 4.69) is 24.7 Å². The van der Waals surface area contributed by atoms with Crippen molar-refractivity contribution in [3.8, 4) is 0 Å². The maximum Gasteiger partial charge on any atom is 0.341 e. The third kappa shape index (κ3) is 8.78. The van der Waals surface area contributed by atoms with Crippen LogP contribution < -0.4 is 0 Å². The van der Waals surface area contributed by atoms with E-state index in [4.69, 9.17) is 4.74 Å². The number of hydrogen-bond acceptors (Lipinski definition) is 11. The fraction of sp³-hybridized carbons (Fsp3) is 0.368. The summed E-state index contributed by atoms with van der Waals surface area (Å²) in [6.45, 7) is 0. The smallest absolute Gasteiger partial charge is 0.341 e. The van der Waals surface area contributed by atoms with E-state index in [1.807, 2.05) is 26.6 Å². The Morgan fingerprint density at radius 3 is 2.10 bits per heavy atom. The third-order valence-corrected chi connectivity index (χ3v) is 4.66. The van der Waals surface area contributed by atoms with Gasteiger partial charge in [0.25, 0.3) is 0 Å². The zero-order valence-electron chi connectivity index (χ0n) is 17.8. The molecule has 0 aliphatic rings. The Morgan fingerprint density at radius 2 is 1.57 bits per heavy atom. The standard InChI is InChI=1S/C11H15N3O2S.C8H10N2O2S/c1-14(2)6-8(11(15)16-3)9-5-10(17-4)13-7-12-9;1-12-8(11)4-6-3-7(13-2)10-5-9-6/h5-7H,1-4H3;3,5H,4H2,1-2H3/b8-6+;. The molecule has 2 aromatic heterocycles. The summed E-state index contributed by atoms with van der Waals surface area (Å²) in [6.07, 6.45) is 8.60. The lowest BCUT2D eigenvalue weighted by Crippen LogP contribution is -2.11. The molecule has 0 saturated heterocycles. The Hall–Kier alpha value is -2.66.